The number of methoxy groups -OCH3 is 1. The SMILES string of the molecule is COc1cccc(C2C(=C(O)c3ccc(OCc4ccccc4C)cc3)C(=O)C(=O)N2c2nnc(SCc3ccc(Cl)cc3Cl)s2)c1. The molecule has 0 spiro atoms. The van der Waals surface area contributed by atoms with E-state index >= 15 is 0 Å². The van der Waals surface area contributed by atoms with Crippen LogP contribution in [0.15, 0.2) is 101 Å². The zero-order valence-corrected chi connectivity index (χ0v) is 28.3. The Balaban J connectivity index is 1.31. The fourth-order valence-electron chi connectivity index (χ4n) is 5.09. The first-order chi connectivity index (χ1) is 22.7. The number of carbonyl (C=O) groups is 2. The maximum Gasteiger partial charge on any atom is 0.301 e. The number of rotatable bonds is 10. The summed E-state index contributed by atoms with van der Waals surface area (Å²) in [5.41, 5.74) is 3.88. The molecule has 0 radical (unpaired) electrons. The second kappa shape index (κ2) is 14.2. The summed E-state index contributed by atoms with van der Waals surface area (Å²) in [6, 6.07) is 26.0. The third-order valence-corrected chi connectivity index (χ3v) is 10.3. The van der Waals surface area contributed by atoms with Gasteiger partial charge in [-0.15, -0.1) is 10.2 Å². The van der Waals surface area contributed by atoms with E-state index in [0.717, 1.165) is 28.0 Å². The van der Waals surface area contributed by atoms with Gasteiger partial charge in [-0.25, -0.2) is 0 Å². The second-order valence-electron chi connectivity index (χ2n) is 10.6. The molecule has 1 N–H and O–H groups in total. The summed E-state index contributed by atoms with van der Waals surface area (Å²) in [4.78, 5) is 28.6. The zero-order valence-electron chi connectivity index (χ0n) is 25.1. The number of aliphatic hydroxyl groups is 1. The molecule has 4 aromatic carbocycles. The lowest BCUT2D eigenvalue weighted by molar-refractivity contribution is -0.132. The van der Waals surface area contributed by atoms with Gasteiger partial charge in [-0.3, -0.25) is 14.5 Å². The first-order valence-corrected chi connectivity index (χ1v) is 16.9. The summed E-state index contributed by atoms with van der Waals surface area (Å²) < 4.78 is 12.0. The van der Waals surface area contributed by atoms with Crippen LogP contribution < -0.4 is 14.4 Å². The molecule has 5 aromatic rings. The molecule has 47 heavy (non-hydrogen) atoms. The Morgan fingerprint density at radius 2 is 1.72 bits per heavy atom. The smallest absolute Gasteiger partial charge is 0.301 e. The van der Waals surface area contributed by atoms with Crippen molar-refractivity contribution in [3.63, 3.8) is 0 Å². The monoisotopic (exact) mass is 703 g/mol. The lowest BCUT2D eigenvalue weighted by Gasteiger charge is -2.23. The van der Waals surface area contributed by atoms with Crippen LogP contribution in [-0.4, -0.2) is 34.1 Å². The fourth-order valence-corrected chi connectivity index (χ4v) is 7.52. The highest BCUT2D eigenvalue weighted by Crippen LogP contribution is 2.45. The van der Waals surface area contributed by atoms with E-state index in [1.54, 1.807) is 60.7 Å². The lowest BCUT2D eigenvalue weighted by Crippen LogP contribution is -2.29. The molecule has 0 saturated carbocycles. The van der Waals surface area contributed by atoms with E-state index in [1.165, 1.54) is 23.8 Å². The van der Waals surface area contributed by atoms with Crippen LogP contribution in [0.5, 0.6) is 11.5 Å². The van der Waals surface area contributed by atoms with Gasteiger partial charge in [-0.1, -0.05) is 88.8 Å². The molecule has 1 saturated heterocycles. The number of hydrogen-bond acceptors (Lipinski definition) is 9. The fraction of sp³-hybridized carbons (Fsp3) is 0.143. The number of aliphatic hydroxyl groups excluding tert-OH is 1. The van der Waals surface area contributed by atoms with Crippen LogP contribution in [0.3, 0.4) is 0 Å². The lowest BCUT2D eigenvalue weighted by atomic mass is 9.95. The molecule has 12 heteroatoms. The van der Waals surface area contributed by atoms with Crippen molar-refractivity contribution >= 4 is 68.9 Å². The van der Waals surface area contributed by atoms with E-state index < -0.39 is 17.7 Å². The molecule has 2 heterocycles. The molecule has 1 atom stereocenters. The number of aryl methyl sites for hydroxylation is 1. The predicted octanol–water partition coefficient (Wildman–Crippen LogP) is 8.66. The van der Waals surface area contributed by atoms with Crippen molar-refractivity contribution in [2.75, 3.05) is 12.0 Å². The minimum Gasteiger partial charge on any atom is -0.507 e. The number of thioether (sulfide) groups is 1. The number of anilines is 1. The molecule has 1 fully saturated rings. The van der Waals surface area contributed by atoms with Gasteiger partial charge in [0.25, 0.3) is 5.78 Å². The van der Waals surface area contributed by atoms with Crippen LogP contribution >= 0.6 is 46.3 Å². The Morgan fingerprint density at radius 1 is 0.936 bits per heavy atom. The number of nitrogens with zero attached hydrogens (tertiary/aromatic N) is 3. The number of ketones is 1. The number of Topliss-reactive ketones (excluding diaryl/α,β-unsaturated/α-hetero) is 1. The topological polar surface area (TPSA) is 102 Å². The number of amides is 1. The van der Waals surface area contributed by atoms with Crippen molar-refractivity contribution in [3.05, 3.63) is 134 Å². The van der Waals surface area contributed by atoms with Crippen molar-refractivity contribution in [2.24, 2.45) is 0 Å². The Bertz CT molecular complexity index is 2000. The largest absolute Gasteiger partial charge is 0.507 e. The minimum atomic E-state index is -0.987. The molecular formula is C35H27Cl2N3O5S2. The summed E-state index contributed by atoms with van der Waals surface area (Å²) in [6.07, 6.45) is 0. The van der Waals surface area contributed by atoms with Crippen LogP contribution in [0, 0.1) is 6.92 Å². The van der Waals surface area contributed by atoms with Crippen LogP contribution in [0.2, 0.25) is 10.0 Å². The molecule has 238 valence electrons. The van der Waals surface area contributed by atoms with E-state index in [9.17, 15) is 14.7 Å². The molecule has 8 nitrogen and oxygen atoms in total. The number of hydrogen-bond donors (Lipinski definition) is 1. The Labute approximate surface area is 289 Å². The van der Waals surface area contributed by atoms with Crippen molar-refractivity contribution in [1.29, 1.82) is 0 Å². The zero-order chi connectivity index (χ0) is 33.1. The molecule has 1 aromatic heterocycles. The third kappa shape index (κ3) is 7.01. The van der Waals surface area contributed by atoms with Gasteiger partial charge in [-0.2, -0.15) is 0 Å². The number of benzene rings is 4. The van der Waals surface area contributed by atoms with E-state index in [2.05, 4.69) is 10.2 Å². The highest BCUT2D eigenvalue weighted by atomic mass is 35.5. The number of carbonyl (C=O) groups excluding carboxylic acids is 2. The van der Waals surface area contributed by atoms with Gasteiger partial charge >= 0.3 is 5.91 Å². The quantitative estimate of drug-likeness (QED) is 0.0507. The Morgan fingerprint density at radius 3 is 2.47 bits per heavy atom. The van der Waals surface area contributed by atoms with Gasteiger partial charge in [0, 0.05) is 21.4 Å². The van der Waals surface area contributed by atoms with Crippen LogP contribution in [0.1, 0.15) is 33.9 Å². The summed E-state index contributed by atoms with van der Waals surface area (Å²) in [7, 11) is 1.53. The summed E-state index contributed by atoms with van der Waals surface area (Å²) in [5.74, 6) is -0.378. The van der Waals surface area contributed by atoms with Crippen LogP contribution in [-0.2, 0) is 21.9 Å². The number of halogens is 2. The highest BCUT2D eigenvalue weighted by Gasteiger charge is 2.48. The molecule has 6 rings (SSSR count). The van der Waals surface area contributed by atoms with Gasteiger partial charge in [0.2, 0.25) is 5.13 Å². The highest BCUT2D eigenvalue weighted by molar-refractivity contribution is 8.00. The van der Waals surface area contributed by atoms with E-state index in [-0.39, 0.29) is 16.5 Å². The van der Waals surface area contributed by atoms with Crippen molar-refractivity contribution in [2.45, 2.75) is 29.7 Å². The summed E-state index contributed by atoms with van der Waals surface area (Å²) in [5, 5.41) is 21.4. The van der Waals surface area contributed by atoms with Gasteiger partial charge in [0.15, 0.2) is 4.34 Å². The van der Waals surface area contributed by atoms with E-state index in [0.29, 0.717) is 49.4 Å². The van der Waals surface area contributed by atoms with Crippen LogP contribution in [0.4, 0.5) is 5.13 Å². The normalized spacial score (nSPS) is 15.7. The average molecular weight is 705 g/mol. The summed E-state index contributed by atoms with van der Waals surface area (Å²) in [6.45, 7) is 2.40. The molecule has 1 aliphatic heterocycles. The molecule has 0 aliphatic carbocycles. The average Bonchev–Trinajstić information content (AvgIpc) is 3.65. The molecular weight excluding hydrogens is 677 g/mol. The molecule has 1 unspecified atom stereocenters. The summed E-state index contributed by atoms with van der Waals surface area (Å²) >= 11 is 14.9. The first-order valence-electron chi connectivity index (χ1n) is 14.4. The predicted molar refractivity (Wildman–Crippen MR) is 186 cm³/mol. The van der Waals surface area contributed by atoms with Crippen LogP contribution in [0.25, 0.3) is 5.76 Å². The van der Waals surface area contributed by atoms with Crippen molar-refractivity contribution < 1.29 is 24.2 Å². The van der Waals surface area contributed by atoms with Gasteiger partial charge < -0.3 is 14.6 Å². The Hall–Kier alpha value is -4.35. The van der Waals surface area contributed by atoms with E-state index in [1.807, 2.05) is 37.3 Å². The second-order valence-corrected chi connectivity index (χ2v) is 13.6. The number of aromatic nitrogens is 2. The van der Waals surface area contributed by atoms with E-state index in [4.69, 9.17) is 32.7 Å². The first kappa shape index (κ1) is 32.6. The minimum absolute atomic E-state index is 0.0748. The number of ether oxygens (including phenoxy) is 2. The third-order valence-electron chi connectivity index (χ3n) is 7.61. The van der Waals surface area contributed by atoms with Crippen molar-refractivity contribution in [3.8, 4) is 11.5 Å². The van der Waals surface area contributed by atoms with Crippen molar-refractivity contribution in [1.82, 2.24) is 10.2 Å². The maximum atomic E-state index is 13.6. The molecule has 0 bridgehead atoms. The Kier molecular flexibility index (Phi) is 9.84. The van der Waals surface area contributed by atoms with Gasteiger partial charge in [0.05, 0.1) is 18.7 Å². The molecule has 1 amide bonds. The maximum absolute atomic E-state index is 13.6. The van der Waals surface area contributed by atoms with Gasteiger partial charge in [0.1, 0.15) is 23.9 Å². The van der Waals surface area contributed by atoms with Gasteiger partial charge in [-0.05, 0) is 77.7 Å². The molecule has 1 aliphatic rings. The standard InChI is InChI=1S/C35H27Cl2N3O5S2/c1-20-6-3-4-7-23(20)18-45-26-14-11-21(12-15-26)31(41)29-30(22-8-5-9-27(16-22)44-2)40(33(43)32(29)42)34-38-39-35(47-34)46-19-24-10-13-25(36)17-28(24)37/h3-17,30,41H,18-19H2,1-2H3.